The molecule has 2 aromatic rings. The van der Waals surface area contributed by atoms with Gasteiger partial charge in [-0.3, -0.25) is 4.79 Å². The van der Waals surface area contributed by atoms with Gasteiger partial charge in [0.25, 0.3) is 0 Å². The van der Waals surface area contributed by atoms with Gasteiger partial charge in [0.1, 0.15) is 19.0 Å². The zero-order chi connectivity index (χ0) is 22.1. The molecular weight excluding hydrogens is 390 g/mol. The number of hydrogen-bond donors (Lipinski definition) is 1. The highest BCUT2D eigenvalue weighted by Crippen LogP contribution is 2.19. The van der Waals surface area contributed by atoms with E-state index < -0.39 is 11.9 Å². The molecule has 9 heteroatoms. The van der Waals surface area contributed by atoms with Crippen molar-refractivity contribution in [3.8, 4) is 0 Å². The number of benzene rings is 2. The van der Waals surface area contributed by atoms with Crippen LogP contribution in [-0.4, -0.2) is 36.0 Å². The number of rotatable bonds is 8. The molecule has 0 amide bonds. The van der Waals surface area contributed by atoms with Gasteiger partial charge in [-0.25, -0.2) is 9.59 Å². The summed E-state index contributed by atoms with van der Waals surface area (Å²) >= 11 is 0. The van der Waals surface area contributed by atoms with Gasteiger partial charge in [0.05, 0.1) is 16.7 Å². The first-order valence-corrected chi connectivity index (χ1v) is 8.84. The van der Waals surface area contributed by atoms with Crippen LogP contribution in [0.2, 0.25) is 0 Å². The van der Waals surface area contributed by atoms with Crippen molar-refractivity contribution in [2.24, 2.45) is 5.11 Å². The van der Waals surface area contributed by atoms with Crippen molar-refractivity contribution >= 4 is 29.0 Å². The summed E-state index contributed by atoms with van der Waals surface area (Å²) in [6.07, 6.45) is 0. The largest absolute Gasteiger partial charge is 0.512 e. The number of aliphatic hydroxyl groups excluding tert-OH is 1. The molecule has 0 saturated carbocycles. The van der Waals surface area contributed by atoms with Crippen LogP contribution in [0.1, 0.15) is 40.1 Å². The standard InChI is InChI=1S/C21H19N3O6/c1-13(25)19(14(2)26)15-3-5-16(6-4-15)20(27)29-11-12-30-21(28)17-7-9-18(10-8-17)23-24-22/h3-10,25H,11-12H2,1-2H3/b19-13+. The molecule has 0 aliphatic carbocycles. The van der Waals surface area contributed by atoms with E-state index in [9.17, 15) is 19.5 Å². The lowest BCUT2D eigenvalue weighted by Gasteiger charge is -2.08. The number of nitrogens with zero attached hydrogens (tertiary/aromatic N) is 3. The number of hydrogen-bond acceptors (Lipinski definition) is 7. The third kappa shape index (κ3) is 5.95. The number of Topliss-reactive ketones (excluding diaryl/α,β-unsaturated/α-hetero) is 1. The van der Waals surface area contributed by atoms with E-state index in [4.69, 9.17) is 15.0 Å². The van der Waals surface area contributed by atoms with Gasteiger partial charge in [-0.1, -0.05) is 29.4 Å². The molecule has 0 aromatic heterocycles. The Hall–Kier alpha value is -4.10. The molecule has 0 atom stereocenters. The normalized spacial score (nSPS) is 11.0. The Labute approximate surface area is 172 Å². The van der Waals surface area contributed by atoms with Crippen molar-refractivity contribution in [2.75, 3.05) is 13.2 Å². The van der Waals surface area contributed by atoms with E-state index in [-0.39, 0.29) is 41.5 Å². The monoisotopic (exact) mass is 409 g/mol. The third-order valence-electron chi connectivity index (χ3n) is 3.94. The SMILES string of the molecule is CC(=O)/C(=C(/C)O)c1ccc(C(=O)OCCOC(=O)c2ccc(N=[N+]=[N-])cc2)cc1. The third-order valence-corrected chi connectivity index (χ3v) is 3.94. The van der Waals surface area contributed by atoms with Crippen LogP contribution in [-0.2, 0) is 14.3 Å². The van der Waals surface area contributed by atoms with Gasteiger partial charge in [-0.2, -0.15) is 0 Å². The summed E-state index contributed by atoms with van der Waals surface area (Å²) in [6.45, 7) is 2.47. The maximum absolute atomic E-state index is 12.1. The zero-order valence-electron chi connectivity index (χ0n) is 16.4. The first kappa shape index (κ1) is 22.2. The molecule has 1 N–H and O–H groups in total. The fourth-order valence-electron chi connectivity index (χ4n) is 2.59. The topological polar surface area (TPSA) is 139 Å². The number of carbonyl (C=O) groups excluding carboxylic acids is 3. The predicted molar refractivity (Wildman–Crippen MR) is 108 cm³/mol. The number of ether oxygens (including phenoxy) is 2. The van der Waals surface area contributed by atoms with Crippen LogP contribution >= 0.6 is 0 Å². The Morgan fingerprint density at radius 3 is 1.70 bits per heavy atom. The van der Waals surface area contributed by atoms with Crippen molar-refractivity contribution in [2.45, 2.75) is 13.8 Å². The van der Waals surface area contributed by atoms with E-state index >= 15 is 0 Å². The first-order valence-electron chi connectivity index (χ1n) is 8.84. The van der Waals surface area contributed by atoms with Crippen molar-refractivity contribution < 1.29 is 29.0 Å². The molecule has 0 fully saturated rings. The van der Waals surface area contributed by atoms with E-state index in [0.29, 0.717) is 11.3 Å². The molecule has 0 aliphatic rings. The Balaban J connectivity index is 1.86. The second-order valence-corrected chi connectivity index (χ2v) is 6.10. The molecular formula is C21H19N3O6. The van der Waals surface area contributed by atoms with E-state index in [0.717, 1.165) is 0 Å². The zero-order valence-corrected chi connectivity index (χ0v) is 16.4. The Kier molecular flexibility index (Phi) is 7.73. The smallest absolute Gasteiger partial charge is 0.338 e. The molecule has 154 valence electrons. The highest BCUT2D eigenvalue weighted by atomic mass is 16.6. The molecule has 2 aromatic carbocycles. The highest BCUT2D eigenvalue weighted by molar-refractivity contribution is 6.20. The number of allylic oxidation sites excluding steroid dienone is 2. The molecule has 2 rings (SSSR count). The molecule has 0 spiro atoms. The number of ketones is 1. The van der Waals surface area contributed by atoms with Crippen LogP contribution in [0.25, 0.3) is 16.0 Å². The minimum absolute atomic E-state index is 0.105. The minimum Gasteiger partial charge on any atom is -0.512 e. The van der Waals surface area contributed by atoms with Gasteiger partial charge in [-0.05, 0) is 49.2 Å². The lowest BCUT2D eigenvalue weighted by molar-refractivity contribution is -0.111. The van der Waals surface area contributed by atoms with Gasteiger partial charge >= 0.3 is 11.9 Å². The molecule has 9 nitrogen and oxygen atoms in total. The summed E-state index contributed by atoms with van der Waals surface area (Å²) in [5, 5.41) is 13.0. The summed E-state index contributed by atoms with van der Waals surface area (Å²) < 4.78 is 10.1. The van der Waals surface area contributed by atoms with Gasteiger partial charge < -0.3 is 14.6 Å². The summed E-state index contributed by atoms with van der Waals surface area (Å²) in [7, 11) is 0. The van der Waals surface area contributed by atoms with Gasteiger partial charge in [0.15, 0.2) is 5.78 Å². The molecule has 0 bridgehead atoms. The van der Waals surface area contributed by atoms with E-state index in [2.05, 4.69) is 10.0 Å². The maximum Gasteiger partial charge on any atom is 0.338 e. The average Bonchev–Trinajstić information content (AvgIpc) is 2.71. The fourth-order valence-corrected chi connectivity index (χ4v) is 2.59. The lowest BCUT2D eigenvalue weighted by atomic mass is 10.00. The van der Waals surface area contributed by atoms with Crippen molar-refractivity contribution in [1.29, 1.82) is 0 Å². The summed E-state index contributed by atoms with van der Waals surface area (Å²) in [4.78, 5) is 38.3. The Morgan fingerprint density at radius 2 is 1.30 bits per heavy atom. The second kappa shape index (κ2) is 10.4. The van der Waals surface area contributed by atoms with Crippen LogP contribution < -0.4 is 0 Å². The Morgan fingerprint density at radius 1 is 0.867 bits per heavy atom. The van der Waals surface area contributed by atoms with Crippen LogP contribution in [0.4, 0.5) is 5.69 Å². The van der Waals surface area contributed by atoms with Crippen molar-refractivity contribution in [3.63, 3.8) is 0 Å². The molecule has 0 radical (unpaired) electrons. The quantitative estimate of drug-likeness (QED) is 0.129. The van der Waals surface area contributed by atoms with Gasteiger partial charge in [-0.15, -0.1) is 0 Å². The molecule has 30 heavy (non-hydrogen) atoms. The molecule has 0 saturated heterocycles. The molecule has 0 heterocycles. The van der Waals surface area contributed by atoms with Crippen LogP contribution in [0.3, 0.4) is 0 Å². The highest BCUT2D eigenvalue weighted by Gasteiger charge is 2.13. The van der Waals surface area contributed by atoms with E-state index in [1.165, 1.54) is 62.4 Å². The van der Waals surface area contributed by atoms with Crippen molar-refractivity contribution in [3.05, 3.63) is 81.4 Å². The minimum atomic E-state index is -0.620. The number of azide groups is 1. The number of aliphatic hydroxyl groups is 1. The maximum atomic E-state index is 12.1. The summed E-state index contributed by atoms with van der Waals surface area (Å²) in [5.74, 6) is -1.62. The number of carbonyl (C=O) groups is 3. The Bertz CT molecular complexity index is 1020. The summed E-state index contributed by atoms with van der Waals surface area (Å²) in [6, 6.07) is 11.9. The van der Waals surface area contributed by atoms with Crippen molar-refractivity contribution in [1.82, 2.24) is 0 Å². The second-order valence-electron chi connectivity index (χ2n) is 6.10. The first-order chi connectivity index (χ1) is 14.3. The summed E-state index contributed by atoms with van der Waals surface area (Å²) in [5.41, 5.74) is 9.89. The predicted octanol–water partition coefficient (Wildman–Crippen LogP) is 4.52. The molecule has 0 aliphatic heterocycles. The average molecular weight is 409 g/mol. The van der Waals surface area contributed by atoms with Crippen LogP contribution in [0.15, 0.2) is 59.4 Å². The lowest BCUT2D eigenvalue weighted by Crippen LogP contribution is -2.14. The van der Waals surface area contributed by atoms with Gasteiger partial charge in [0, 0.05) is 10.6 Å². The molecule has 0 unspecified atom stereocenters. The number of esters is 2. The van der Waals surface area contributed by atoms with Crippen LogP contribution in [0, 0.1) is 0 Å². The van der Waals surface area contributed by atoms with Crippen LogP contribution in [0.5, 0.6) is 0 Å². The fraction of sp³-hybridized carbons (Fsp3) is 0.190. The van der Waals surface area contributed by atoms with E-state index in [1.54, 1.807) is 0 Å². The van der Waals surface area contributed by atoms with Gasteiger partial charge in [0.2, 0.25) is 0 Å². The van der Waals surface area contributed by atoms with E-state index in [1.807, 2.05) is 0 Å².